The zero-order chi connectivity index (χ0) is 21.0. The van der Waals surface area contributed by atoms with E-state index in [1.54, 1.807) is 39.5 Å². The minimum Gasteiger partial charge on any atom is -0.493 e. The standard InChI is InChI=1S/C19H19N3O5S2/c1-5-27-18(24)12-9-28-19(21-12)22-16(23)15-10(2)20-17(29-15)11-6-7-13(25-3)14(8-11)26-4/h6-9H,5H2,1-4H3,(H,21,22,23). The molecular formula is C19H19N3O5S2. The molecule has 152 valence electrons. The lowest BCUT2D eigenvalue weighted by Gasteiger charge is -2.08. The van der Waals surface area contributed by atoms with Crippen molar-refractivity contribution in [2.24, 2.45) is 0 Å². The van der Waals surface area contributed by atoms with Crippen LogP contribution < -0.4 is 14.8 Å². The molecule has 2 heterocycles. The molecule has 1 amide bonds. The number of methoxy groups -OCH3 is 2. The van der Waals surface area contributed by atoms with Gasteiger partial charge in [-0.25, -0.2) is 14.8 Å². The summed E-state index contributed by atoms with van der Waals surface area (Å²) in [5, 5.41) is 5.25. The van der Waals surface area contributed by atoms with Crippen LogP contribution in [0.4, 0.5) is 5.13 Å². The lowest BCUT2D eigenvalue weighted by molar-refractivity contribution is 0.0520. The fourth-order valence-electron chi connectivity index (χ4n) is 2.48. The first-order chi connectivity index (χ1) is 14.0. The van der Waals surface area contributed by atoms with Crippen molar-refractivity contribution in [3.63, 3.8) is 0 Å². The molecule has 10 heteroatoms. The van der Waals surface area contributed by atoms with E-state index < -0.39 is 5.97 Å². The number of rotatable bonds is 7. The van der Waals surface area contributed by atoms with Gasteiger partial charge in [0.2, 0.25) is 0 Å². The smallest absolute Gasteiger partial charge is 0.357 e. The minimum absolute atomic E-state index is 0.166. The number of anilines is 1. The molecule has 29 heavy (non-hydrogen) atoms. The zero-order valence-electron chi connectivity index (χ0n) is 16.3. The first-order valence-electron chi connectivity index (χ1n) is 8.60. The Bertz CT molecular complexity index is 1040. The average Bonchev–Trinajstić information content (AvgIpc) is 3.34. The summed E-state index contributed by atoms with van der Waals surface area (Å²) in [6.45, 7) is 3.74. The monoisotopic (exact) mass is 433 g/mol. The summed E-state index contributed by atoms with van der Waals surface area (Å²) in [6, 6.07) is 5.45. The van der Waals surface area contributed by atoms with Crippen LogP contribution in [-0.2, 0) is 4.74 Å². The van der Waals surface area contributed by atoms with Gasteiger partial charge in [-0.3, -0.25) is 10.1 Å². The predicted octanol–water partition coefficient (Wildman–Crippen LogP) is 4.02. The second-order valence-corrected chi connectivity index (χ2v) is 7.57. The number of amides is 1. The van der Waals surface area contributed by atoms with E-state index >= 15 is 0 Å². The third-order valence-electron chi connectivity index (χ3n) is 3.84. The summed E-state index contributed by atoms with van der Waals surface area (Å²) in [5.74, 6) is 0.340. The Balaban J connectivity index is 1.80. The van der Waals surface area contributed by atoms with Gasteiger partial charge in [0.05, 0.1) is 26.5 Å². The van der Waals surface area contributed by atoms with Gasteiger partial charge in [0, 0.05) is 10.9 Å². The Hall–Kier alpha value is -2.98. The number of aryl methyl sites for hydroxylation is 1. The molecule has 0 aliphatic heterocycles. The molecule has 8 nitrogen and oxygen atoms in total. The van der Waals surface area contributed by atoms with Gasteiger partial charge >= 0.3 is 5.97 Å². The van der Waals surface area contributed by atoms with Gasteiger partial charge in [0.15, 0.2) is 22.3 Å². The number of carbonyl (C=O) groups is 2. The highest BCUT2D eigenvalue weighted by Gasteiger charge is 2.19. The summed E-state index contributed by atoms with van der Waals surface area (Å²) in [6.07, 6.45) is 0. The maximum Gasteiger partial charge on any atom is 0.357 e. The molecule has 0 saturated carbocycles. The van der Waals surface area contributed by atoms with Crippen molar-refractivity contribution in [3.8, 4) is 22.1 Å². The molecule has 3 rings (SSSR count). The fraction of sp³-hybridized carbons (Fsp3) is 0.263. The van der Waals surface area contributed by atoms with Gasteiger partial charge in [-0.2, -0.15) is 0 Å². The molecule has 0 atom stereocenters. The quantitative estimate of drug-likeness (QED) is 0.562. The van der Waals surface area contributed by atoms with Crippen molar-refractivity contribution < 1.29 is 23.8 Å². The van der Waals surface area contributed by atoms with E-state index in [-0.39, 0.29) is 18.2 Å². The third kappa shape index (κ3) is 4.54. The predicted molar refractivity (Wildman–Crippen MR) is 111 cm³/mol. The number of nitrogens with one attached hydrogen (secondary N) is 1. The molecule has 0 bridgehead atoms. The summed E-state index contributed by atoms with van der Waals surface area (Å²) in [7, 11) is 3.13. The van der Waals surface area contributed by atoms with Gasteiger partial charge in [-0.05, 0) is 32.0 Å². The van der Waals surface area contributed by atoms with E-state index in [4.69, 9.17) is 14.2 Å². The molecular weight excluding hydrogens is 414 g/mol. The van der Waals surface area contributed by atoms with Crippen molar-refractivity contribution in [1.29, 1.82) is 0 Å². The molecule has 0 spiro atoms. The number of nitrogens with zero attached hydrogens (tertiary/aromatic N) is 2. The van der Waals surface area contributed by atoms with Crippen LogP contribution in [-0.4, -0.2) is 42.7 Å². The number of hydrogen-bond acceptors (Lipinski definition) is 9. The van der Waals surface area contributed by atoms with Crippen LogP contribution >= 0.6 is 22.7 Å². The van der Waals surface area contributed by atoms with E-state index in [0.717, 1.165) is 16.9 Å². The Morgan fingerprint density at radius 3 is 2.59 bits per heavy atom. The average molecular weight is 434 g/mol. The van der Waals surface area contributed by atoms with Crippen molar-refractivity contribution in [2.75, 3.05) is 26.1 Å². The van der Waals surface area contributed by atoms with E-state index in [1.807, 2.05) is 12.1 Å². The van der Waals surface area contributed by atoms with Crippen LogP contribution in [0.3, 0.4) is 0 Å². The lowest BCUT2D eigenvalue weighted by Crippen LogP contribution is -2.12. The highest BCUT2D eigenvalue weighted by Crippen LogP contribution is 2.35. The van der Waals surface area contributed by atoms with E-state index in [9.17, 15) is 9.59 Å². The number of hydrogen-bond donors (Lipinski definition) is 1. The van der Waals surface area contributed by atoms with Gasteiger partial charge in [0.1, 0.15) is 9.88 Å². The van der Waals surface area contributed by atoms with Crippen LogP contribution in [0.15, 0.2) is 23.6 Å². The largest absolute Gasteiger partial charge is 0.493 e. The maximum absolute atomic E-state index is 12.7. The van der Waals surface area contributed by atoms with Crippen LogP contribution in [0.5, 0.6) is 11.5 Å². The summed E-state index contributed by atoms with van der Waals surface area (Å²) < 4.78 is 15.5. The molecule has 0 radical (unpaired) electrons. The van der Waals surface area contributed by atoms with Crippen molar-refractivity contribution in [2.45, 2.75) is 13.8 Å². The normalized spacial score (nSPS) is 10.5. The molecule has 0 saturated heterocycles. The lowest BCUT2D eigenvalue weighted by atomic mass is 10.2. The number of thiazole rings is 2. The summed E-state index contributed by atoms with van der Waals surface area (Å²) in [4.78, 5) is 33.4. The molecule has 1 N–H and O–H groups in total. The number of ether oxygens (including phenoxy) is 3. The summed E-state index contributed by atoms with van der Waals surface area (Å²) >= 11 is 2.41. The first kappa shape index (κ1) is 20.7. The molecule has 0 unspecified atom stereocenters. The second kappa shape index (κ2) is 9.01. The SMILES string of the molecule is CCOC(=O)c1csc(NC(=O)c2sc(-c3ccc(OC)c(OC)c3)nc2C)n1. The highest BCUT2D eigenvalue weighted by atomic mass is 32.1. The first-order valence-corrected chi connectivity index (χ1v) is 10.3. The molecule has 0 fully saturated rings. The van der Waals surface area contributed by atoms with Crippen molar-refractivity contribution in [1.82, 2.24) is 9.97 Å². The van der Waals surface area contributed by atoms with Crippen LogP contribution in [0.1, 0.15) is 32.8 Å². The molecule has 3 aromatic rings. The molecule has 0 aliphatic carbocycles. The fourth-order valence-corrected chi connectivity index (χ4v) is 4.12. The second-order valence-electron chi connectivity index (χ2n) is 5.72. The topological polar surface area (TPSA) is 99.6 Å². The minimum atomic E-state index is -0.519. The van der Waals surface area contributed by atoms with Gasteiger partial charge in [0.25, 0.3) is 5.91 Å². The van der Waals surface area contributed by atoms with E-state index in [1.165, 1.54) is 11.3 Å². The molecule has 0 aliphatic rings. The Labute approximate surface area is 175 Å². The van der Waals surface area contributed by atoms with E-state index in [0.29, 0.717) is 32.2 Å². The van der Waals surface area contributed by atoms with E-state index in [2.05, 4.69) is 15.3 Å². The highest BCUT2D eigenvalue weighted by molar-refractivity contribution is 7.17. The van der Waals surface area contributed by atoms with Gasteiger partial charge < -0.3 is 14.2 Å². The van der Waals surface area contributed by atoms with Gasteiger partial charge in [-0.1, -0.05) is 0 Å². The third-order valence-corrected chi connectivity index (χ3v) is 5.81. The molecule has 1 aromatic carbocycles. The molecule has 2 aromatic heterocycles. The van der Waals surface area contributed by atoms with Gasteiger partial charge in [-0.15, -0.1) is 22.7 Å². The number of aromatic nitrogens is 2. The Morgan fingerprint density at radius 2 is 1.90 bits per heavy atom. The Kier molecular flexibility index (Phi) is 6.45. The number of benzene rings is 1. The zero-order valence-corrected chi connectivity index (χ0v) is 17.9. The van der Waals surface area contributed by atoms with Crippen molar-refractivity contribution in [3.05, 3.63) is 39.8 Å². The van der Waals surface area contributed by atoms with Crippen LogP contribution in [0, 0.1) is 6.92 Å². The van der Waals surface area contributed by atoms with Crippen molar-refractivity contribution >= 4 is 39.7 Å². The number of esters is 1. The van der Waals surface area contributed by atoms with Crippen LogP contribution in [0.2, 0.25) is 0 Å². The number of carbonyl (C=O) groups excluding carboxylic acids is 2. The Morgan fingerprint density at radius 1 is 1.14 bits per heavy atom. The van der Waals surface area contributed by atoms with Crippen LogP contribution in [0.25, 0.3) is 10.6 Å². The summed E-state index contributed by atoms with van der Waals surface area (Å²) in [5.41, 5.74) is 1.58. The maximum atomic E-state index is 12.7.